The molecular formula is C19H22N4O3. The zero-order valence-electron chi connectivity index (χ0n) is 14.6. The van der Waals surface area contributed by atoms with E-state index in [2.05, 4.69) is 20.2 Å². The van der Waals surface area contributed by atoms with Crippen molar-refractivity contribution in [2.45, 2.75) is 32.2 Å². The highest BCUT2D eigenvalue weighted by molar-refractivity contribution is 5.92. The molecule has 136 valence electrons. The molecule has 26 heavy (non-hydrogen) atoms. The number of nitrogens with zero attached hydrogens (tertiary/aromatic N) is 3. The van der Waals surface area contributed by atoms with Crippen molar-refractivity contribution in [3.63, 3.8) is 0 Å². The van der Waals surface area contributed by atoms with Crippen LogP contribution in [-0.4, -0.2) is 35.8 Å². The minimum atomic E-state index is -0.207. The van der Waals surface area contributed by atoms with Gasteiger partial charge >= 0.3 is 0 Å². The Morgan fingerprint density at radius 3 is 2.69 bits per heavy atom. The molecular weight excluding hydrogens is 332 g/mol. The largest absolute Gasteiger partial charge is 0.454 e. The quantitative estimate of drug-likeness (QED) is 0.909. The Morgan fingerprint density at radius 1 is 1.04 bits per heavy atom. The Hall–Kier alpha value is -2.83. The van der Waals surface area contributed by atoms with Gasteiger partial charge in [-0.2, -0.15) is 0 Å². The van der Waals surface area contributed by atoms with Crippen LogP contribution in [-0.2, 0) is 6.54 Å². The van der Waals surface area contributed by atoms with Crippen LogP contribution in [0.3, 0.4) is 0 Å². The lowest BCUT2D eigenvalue weighted by Crippen LogP contribution is -2.27. The van der Waals surface area contributed by atoms with E-state index in [9.17, 15) is 4.79 Å². The number of anilines is 1. The number of ether oxygens (including phenoxy) is 2. The normalized spacial score (nSPS) is 16.2. The van der Waals surface area contributed by atoms with E-state index in [0.29, 0.717) is 18.0 Å². The predicted octanol–water partition coefficient (Wildman–Crippen LogP) is 2.52. The molecule has 1 N–H and O–H groups in total. The number of aromatic nitrogens is 2. The fraction of sp³-hybridized carbons (Fsp3) is 0.421. The molecule has 0 bridgehead atoms. The van der Waals surface area contributed by atoms with E-state index in [1.807, 2.05) is 18.2 Å². The first-order valence-corrected chi connectivity index (χ1v) is 9.03. The van der Waals surface area contributed by atoms with Crippen molar-refractivity contribution in [3.8, 4) is 11.5 Å². The lowest BCUT2D eigenvalue weighted by atomic mass is 10.2. The van der Waals surface area contributed by atoms with Crippen LogP contribution in [0.5, 0.6) is 11.5 Å². The lowest BCUT2D eigenvalue weighted by molar-refractivity contribution is 0.0945. The summed E-state index contributed by atoms with van der Waals surface area (Å²) in [7, 11) is 0. The van der Waals surface area contributed by atoms with Crippen molar-refractivity contribution in [2.24, 2.45) is 0 Å². The molecule has 0 unspecified atom stereocenters. The Balaban J connectivity index is 1.40. The highest BCUT2D eigenvalue weighted by atomic mass is 16.7. The van der Waals surface area contributed by atoms with Crippen molar-refractivity contribution < 1.29 is 14.3 Å². The summed E-state index contributed by atoms with van der Waals surface area (Å²) in [5.41, 5.74) is 1.34. The number of amides is 1. The van der Waals surface area contributed by atoms with Gasteiger partial charge in [0.2, 0.25) is 6.79 Å². The van der Waals surface area contributed by atoms with Crippen molar-refractivity contribution in [1.82, 2.24) is 15.3 Å². The van der Waals surface area contributed by atoms with Crippen molar-refractivity contribution in [3.05, 3.63) is 41.9 Å². The van der Waals surface area contributed by atoms with Crippen LogP contribution in [0, 0.1) is 0 Å². The smallest absolute Gasteiger partial charge is 0.270 e. The number of hydrogen-bond donors (Lipinski definition) is 1. The fourth-order valence-corrected chi connectivity index (χ4v) is 3.27. The van der Waals surface area contributed by atoms with Crippen LogP contribution in [0.25, 0.3) is 0 Å². The number of carbonyl (C=O) groups excluding carboxylic acids is 1. The molecule has 1 amide bonds. The van der Waals surface area contributed by atoms with E-state index in [1.165, 1.54) is 19.2 Å². The number of benzene rings is 1. The maximum atomic E-state index is 12.5. The molecule has 1 aromatic carbocycles. The van der Waals surface area contributed by atoms with Crippen molar-refractivity contribution in [2.75, 3.05) is 24.8 Å². The Labute approximate surface area is 152 Å². The summed E-state index contributed by atoms with van der Waals surface area (Å²) >= 11 is 0. The molecule has 0 atom stereocenters. The average Bonchev–Trinajstić information content (AvgIpc) is 2.97. The monoisotopic (exact) mass is 354 g/mol. The van der Waals surface area contributed by atoms with Gasteiger partial charge in [0.1, 0.15) is 17.8 Å². The summed E-state index contributed by atoms with van der Waals surface area (Å²) in [4.78, 5) is 23.2. The second-order valence-electron chi connectivity index (χ2n) is 6.53. The summed E-state index contributed by atoms with van der Waals surface area (Å²) in [6.07, 6.45) is 6.30. The molecule has 3 heterocycles. The maximum Gasteiger partial charge on any atom is 0.270 e. The van der Waals surface area contributed by atoms with Gasteiger partial charge in [-0.05, 0) is 30.5 Å². The van der Waals surface area contributed by atoms with Gasteiger partial charge in [-0.1, -0.05) is 18.9 Å². The first-order chi connectivity index (χ1) is 12.8. The average molecular weight is 354 g/mol. The van der Waals surface area contributed by atoms with Gasteiger partial charge in [-0.25, -0.2) is 9.97 Å². The van der Waals surface area contributed by atoms with Gasteiger partial charge in [0.15, 0.2) is 11.5 Å². The zero-order valence-corrected chi connectivity index (χ0v) is 14.6. The third-order valence-corrected chi connectivity index (χ3v) is 4.71. The van der Waals surface area contributed by atoms with Crippen molar-refractivity contribution >= 4 is 11.7 Å². The number of hydrogen-bond acceptors (Lipinski definition) is 6. The summed E-state index contributed by atoms with van der Waals surface area (Å²) in [6, 6.07) is 7.42. The molecule has 2 aromatic rings. The topological polar surface area (TPSA) is 76.6 Å². The van der Waals surface area contributed by atoms with Gasteiger partial charge in [0, 0.05) is 25.7 Å². The van der Waals surface area contributed by atoms with E-state index < -0.39 is 0 Å². The zero-order chi connectivity index (χ0) is 17.8. The van der Waals surface area contributed by atoms with Crippen LogP contribution in [0.15, 0.2) is 30.6 Å². The molecule has 0 spiro atoms. The predicted molar refractivity (Wildman–Crippen MR) is 96.4 cm³/mol. The molecule has 0 saturated carbocycles. The molecule has 2 aliphatic heterocycles. The Morgan fingerprint density at radius 2 is 1.85 bits per heavy atom. The van der Waals surface area contributed by atoms with Crippen LogP contribution in [0.1, 0.15) is 41.7 Å². The first kappa shape index (κ1) is 16.6. The van der Waals surface area contributed by atoms with Gasteiger partial charge < -0.3 is 19.7 Å². The first-order valence-electron chi connectivity index (χ1n) is 9.03. The second kappa shape index (κ2) is 7.59. The molecule has 2 aliphatic rings. The number of fused-ring (bicyclic) bond motifs is 1. The second-order valence-corrected chi connectivity index (χ2v) is 6.53. The summed E-state index contributed by atoms with van der Waals surface area (Å²) in [5.74, 6) is 2.07. The minimum absolute atomic E-state index is 0.207. The molecule has 4 rings (SSSR count). The van der Waals surface area contributed by atoms with E-state index in [0.717, 1.165) is 43.1 Å². The van der Waals surface area contributed by atoms with Crippen LogP contribution < -0.4 is 19.7 Å². The molecule has 7 heteroatoms. The number of carbonyl (C=O) groups is 1. The van der Waals surface area contributed by atoms with Crippen LogP contribution in [0.2, 0.25) is 0 Å². The molecule has 1 fully saturated rings. The van der Waals surface area contributed by atoms with Gasteiger partial charge in [0.25, 0.3) is 5.91 Å². The summed E-state index contributed by atoms with van der Waals surface area (Å²) in [6.45, 7) is 2.61. The number of nitrogens with one attached hydrogen (secondary N) is 1. The molecule has 7 nitrogen and oxygen atoms in total. The molecule has 1 aromatic heterocycles. The SMILES string of the molecule is O=C(NCc1ccc2c(c1)OCO2)c1cc(N2CCCCCC2)ncn1. The Kier molecular flexibility index (Phi) is 4.86. The third kappa shape index (κ3) is 3.71. The minimum Gasteiger partial charge on any atom is -0.454 e. The van der Waals surface area contributed by atoms with Crippen molar-refractivity contribution in [1.29, 1.82) is 0 Å². The van der Waals surface area contributed by atoms with Gasteiger partial charge in [-0.15, -0.1) is 0 Å². The maximum absolute atomic E-state index is 12.5. The standard InChI is InChI=1S/C19H22N4O3/c24-19(20-11-14-5-6-16-17(9-14)26-13-25-16)15-10-18(22-12-21-15)23-7-3-1-2-4-8-23/h5-6,9-10,12H,1-4,7-8,11,13H2,(H,20,24). The third-order valence-electron chi connectivity index (χ3n) is 4.71. The molecule has 0 radical (unpaired) electrons. The van der Waals surface area contributed by atoms with E-state index >= 15 is 0 Å². The van der Waals surface area contributed by atoms with Crippen LogP contribution in [0.4, 0.5) is 5.82 Å². The number of rotatable bonds is 4. The lowest BCUT2D eigenvalue weighted by Gasteiger charge is -2.21. The highest BCUT2D eigenvalue weighted by Crippen LogP contribution is 2.32. The summed E-state index contributed by atoms with van der Waals surface area (Å²) in [5, 5.41) is 2.90. The van der Waals surface area contributed by atoms with E-state index in [-0.39, 0.29) is 12.7 Å². The highest BCUT2D eigenvalue weighted by Gasteiger charge is 2.16. The Bertz CT molecular complexity index is 788. The molecule has 0 aliphatic carbocycles. The molecule has 1 saturated heterocycles. The van der Waals surface area contributed by atoms with Crippen LogP contribution >= 0.6 is 0 Å². The van der Waals surface area contributed by atoms with E-state index in [1.54, 1.807) is 6.07 Å². The van der Waals surface area contributed by atoms with E-state index in [4.69, 9.17) is 9.47 Å². The fourth-order valence-electron chi connectivity index (χ4n) is 3.27. The van der Waals surface area contributed by atoms with Gasteiger partial charge in [0.05, 0.1) is 0 Å². The van der Waals surface area contributed by atoms with Gasteiger partial charge in [-0.3, -0.25) is 4.79 Å². The summed E-state index contributed by atoms with van der Waals surface area (Å²) < 4.78 is 10.7.